The number of hydrazone groups is 1. The van der Waals surface area contributed by atoms with Crippen LogP contribution in [0.3, 0.4) is 0 Å². The maximum atomic E-state index is 13.1. The standard InChI is InChI=1S/C24H30N4O3/c1-16-14-18(17(2)27(16)20-8-6-5-7-9-20)15-25-28-22(29)24(3,26-23(28)30)19-10-12-21(31-4)13-11-19/h10-15,20H,5-9H2,1-4H3,(H,26,30)/b25-15-/t24-/m1/s1. The van der Waals surface area contributed by atoms with Crippen molar-refractivity contribution in [3.63, 3.8) is 0 Å². The third kappa shape index (κ3) is 3.73. The van der Waals surface area contributed by atoms with E-state index in [1.165, 1.54) is 37.8 Å². The van der Waals surface area contributed by atoms with Gasteiger partial charge in [-0.1, -0.05) is 31.4 Å². The van der Waals surface area contributed by atoms with Crippen molar-refractivity contribution in [3.8, 4) is 5.75 Å². The normalized spacial score (nSPS) is 22.4. The quantitative estimate of drug-likeness (QED) is 0.572. The smallest absolute Gasteiger partial charge is 0.346 e. The first kappa shape index (κ1) is 21.2. The van der Waals surface area contributed by atoms with E-state index in [0.717, 1.165) is 16.3 Å². The van der Waals surface area contributed by atoms with Crippen LogP contribution in [0.15, 0.2) is 35.4 Å². The molecule has 1 aliphatic heterocycles. The number of carbonyl (C=O) groups excluding carboxylic acids is 2. The Balaban J connectivity index is 1.57. The van der Waals surface area contributed by atoms with Gasteiger partial charge in [0.25, 0.3) is 5.91 Å². The Hall–Kier alpha value is -3.09. The van der Waals surface area contributed by atoms with Crippen molar-refractivity contribution < 1.29 is 14.3 Å². The highest BCUT2D eigenvalue weighted by Gasteiger charge is 2.49. The molecule has 1 saturated heterocycles. The number of methoxy groups -OCH3 is 1. The lowest BCUT2D eigenvalue weighted by atomic mass is 9.92. The minimum absolute atomic E-state index is 0.403. The van der Waals surface area contributed by atoms with E-state index in [-0.39, 0.29) is 0 Å². The summed E-state index contributed by atoms with van der Waals surface area (Å²) in [6.07, 6.45) is 7.84. The van der Waals surface area contributed by atoms with E-state index < -0.39 is 17.5 Å². The molecule has 1 atom stereocenters. The predicted molar refractivity (Wildman–Crippen MR) is 119 cm³/mol. The third-order valence-electron chi connectivity index (χ3n) is 6.61. The summed E-state index contributed by atoms with van der Waals surface area (Å²) in [6, 6.07) is 9.17. The van der Waals surface area contributed by atoms with E-state index in [2.05, 4.69) is 34.9 Å². The molecule has 0 unspecified atom stereocenters. The van der Waals surface area contributed by atoms with Crippen molar-refractivity contribution in [1.29, 1.82) is 0 Å². The van der Waals surface area contributed by atoms with Gasteiger partial charge in [-0.25, -0.2) is 4.79 Å². The number of ether oxygens (including phenoxy) is 1. The monoisotopic (exact) mass is 422 g/mol. The van der Waals surface area contributed by atoms with Gasteiger partial charge in [-0.3, -0.25) is 4.79 Å². The summed E-state index contributed by atoms with van der Waals surface area (Å²) in [4.78, 5) is 25.7. The second kappa shape index (κ2) is 8.21. The van der Waals surface area contributed by atoms with Crippen LogP contribution in [0, 0.1) is 13.8 Å². The maximum Gasteiger partial charge on any atom is 0.346 e. The maximum absolute atomic E-state index is 13.1. The van der Waals surface area contributed by atoms with E-state index in [4.69, 9.17) is 4.74 Å². The molecule has 1 aromatic heterocycles. The van der Waals surface area contributed by atoms with Gasteiger partial charge in [-0.2, -0.15) is 5.10 Å². The summed E-state index contributed by atoms with van der Waals surface area (Å²) in [5.41, 5.74) is 2.76. The fraction of sp³-hybridized carbons (Fsp3) is 0.458. The van der Waals surface area contributed by atoms with Gasteiger partial charge in [-0.15, -0.1) is 5.01 Å². The summed E-state index contributed by atoms with van der Waals surface area (Å²) in [5, 5.41) is 7.99. The van der Waals surface area contributed by atoms with Gasteiger partial charge in [0.1, 0.15) is 11.3 Å². The molecule has 7 nitrogen and oxygen atoms in total. The molecule has 31 heavy (non-hydrogen) atoms. The molecule has 0 bridgehead atoms. The van der Waals surface area contributed by atoms with Crippen molar-refractivity contribution in [2.75, 3.05) is 7.11 Å². The number of nitrogens with one attached hydrogen (secondary N) is 1. The van der Waals surface area contributed by atoms with Crippen LogP contribution in [0.2, 0.25) is 0 Å². The lowest BCUT2D eigenvalue weighted by Crippen LogP contribution is -2.40. The third-order valence-corrected chi connectivity index (χ3v) is 6.61. The van der Waals surface area contributed by atoms with Gasteiger partial charge < -0.3 is 14.6 Å². The molecule has 3 amide bonds. The van der Waals surface area contributed by atoms with Crippen LogP contribution in [-0.2, 0) is 10.3 Å². The molecular formula is C24H30N4O3. The minimum Gasteiger partial charge on any atom is -0.497 e. The lowest BCUT2D eigenvalue weighted by Gasteiger charge is -2.26. The molecule has 0 spiro atoms. The molecule has 2 fully saturated rings. The number of carbonyl (C=O) groups is 2. The van der Waals surface area contributed by atoms with Gasteiger partial charge in [0.05, 0.1) is 13.3 Å². The summed E-state index contributed by atoms with van der Waals surface area (Å²) < 4.78 is 7.56. The van der Waals surface area contributed by atoms with Crippen LogP contribution in [0.1, 0.15) is 67.6 Å². The molecule has 1 N–H and O–H groups in total. The second-order valence-corrected chi connectivity index (χ2v) is 8.63. The molecule has 1 saturated carbocycles. The Morgan fingerprint density at radius 1 is 1.13 bits per heavy atom. The number of imide groups is 1. The zero-order valence-corrected chi connectivity index (χ0v) is 18.6. The number of benzene rings is 1. The predicted octanol–water partition coefficient (Wildman–Crippen LogP) is 4.42. The molecule has 164 valence electrons. The number of urea groups is 1. The molecule has 0 radical (unpaired) electrons. The highest BCUT2D eigenvalue weighted by molar-refractivity contribution is 6.07. The zero-order chi connectivity index (χ0) is 22.2. The van der Waals surface area contributed by atoms with Gasteiger partial charge in [0.2, 0.25) is 0 Å². The van der Waals surface area contributed by atoms with Gasteiger partial charge in [0.15, 0.2) is 0 Å². The second-order valence-electron chi connectivity index (χ2n) is 8.63. The van der Waals surface area contributed by atoms with Gasteiger partial charge in [-0.05, 0) is 57.4 Å². The Labute approximate surface area is 183 Å². The van der Waals surface area contributed by atoms with Crippen LogP contribution in [0.5, 0.6) is 5.75 Å². The molecule has 7 heteroatoms. The first-order chi connectivity index (χ1) is 14.8. The van der Waals surface area contributed by atoms with E-state index in [1.807, 2.05) is 0 Å². The molecule has 2 aliphatic rings. The van der Waals surface area contributed by atoms with E-state index in [0.29, 0.717) is 17.4 Å². The molecule has 1 aliphatic carbocycles. The number of rotatable bonds is 5. The van der Waals surface area contributed by atoms with Crippen molar-refractivity contribution >= 4 is 18.2 Å². The fourth-order valence-corrected chi connectivity index (χ4v) is 4.80. The summed E-state index contributed by atoms with van der Waals surface area (Å²) in [6.45, 7) is 5.88. The van der Waals surface area contributed by atoms with E-state index >= 15 is 0 Å². The van der Waals surface area contributed by atoms with Crippen LogP contribution < -0.4 is 10.1 Å². The number of hydrogen-bond donors (Lipinski definition) is 1. The van der Waals surface area contributed by atoms with Gasteiger partial charge >= 0.3 is 6.03 Å². The van der Waals surface area contributed by atoms with Crippen LogP contribution >= 0.6 is 0 Å². The highest BCUT2D eigenvalue weighted by atomic mass is 16.5. The fourth-order valence-electron chi connectivity index (χ4n) is 4.80. The van der Waals surface area contributed by atoms with Crippen molar-refractivity contribution in [2.45, 2.75) is 64.5 Å². The van der Waals surface area contributed by atoms with Crippen LogP contribution in [-0.4, -0.2) is 34.8 Å². The first-order valence-electron chi connectivity index (χ1n) is 10.9. The summed E-state index contributed by atoms with van der Waals surface area (Å²) in [7, 11) is 1.58. The first-order valence-corrected chi connectivity index (χ1v) is 10.9. The number of amides is 3. The summed E-state index contributed by atoms with van der Waals surface area (Å²) in [5.74, 6) is 0.285. The minimum atomic E-state index is -1.17. The van der Waals surface area contributed by atoms with E-state index in [1.54, 1.807) is 44.5 Å². The number of hydrogen-bond acceptors (Lipinski definition) is 4. The largest absolute Gasteiger partial charge is 0.497 e. The Morgan fingerprint density at radius 2 is 1.81 bits per heavy atom. The van der Waals surface area contributed by atoms with Crippen LogP contribution in [0.4, 0.5) is 4.79 Å². The highest BCUT2D eigenvalue weighted by Crippen LogP contribution is 2.33. The Morgan fingerprint density at radius 3 is 2.45 bits per heavy atom. The number of nitrogens with zero attached hydrogens (tertiary/aromatic N) is 3. The van der Waals surface area contributed by atoms with Crippen molar-refractivity contribution in [3.05, 3.63) is 52.8 Å². The molecule has 4 rings (SSSR count). The topological polar surface area (TPSA) is 75.9 Å². The number of aryl methyl sites for hydroxylation is 1. The van der Waals surface area contributed by atoms with E-state index in [9.17, 15) is 9.59 Å². The molecule has 2 heterocycles. The molecule has 2 aromatic rings. The van der Waals surface area contributed by atoms with Gasteiger partial charge in [0, 0.05) is 23.0 Å². The van der Waals surface area contributed by atoms with Crippen molar-refractivity contribution in [1.82, 2.24) is 14.9 Å². The lowest BCUT2D eigenvalue weighted by molar-refractivity contribution is -0.131. The average Bonchev–Trinajstić information content (AvgIpc) is 3.18. The van der Waals surface area contributed by atoms with Crippen molar-refractivity contribution in [2.24, 2.45) is 5.10 Å². The van der Waals surface area contributed by atoms with Crippen LogP contribution in [0.25, 0.3) is 0 Å². The molecule has 1 aromatic carbocycles. The molecular weight excluding hydrogens is 392 g/mol. The summed E-state index contributed by atoms with van der Waals surface area (Å²) >= 11 is 0. The average molecular weight is 423 g/mol. The number of aromatic nitrogens is 1. The SMILES string of the molecule is COc1ccc([C@@]2(C)NC(=O)N(/N=C\c3cc(C)n(C4CCCCC4)c3C)C2=O)cc1. The Kier molecular flexibility index (Phi) is 5.60. The Bertz CT molecular complexity index is 1020. The zero-order valence-electron chi connectivity index (χ0n) is 18.6.